The molecule has 4 nitrogen and oxygen atoms in total. The summed E-state index contributed by atoms with van der Waals surface area (Å²) < 4.78 is 0. The van der Waals surface area contributed by atoms with Gasteiger partial charge in [0.15, 0.2) is 0 Å². The molecule has 3 N–H and O–H groups in total. The van der Waals surface area contributed by atoms with Gasteiger partial charge in [-0.15, -0.1) is 0 Å². The van der Waals surface area contributed by atoms with Gasteiger partial charge in [-0.2, -0.15) is 0 Å². The fraction of sp³-hybridized carbons (Fsp3) is 0.588. The van der Waals surface area contributed by atoms with E-state index in [0.29, 0.717) is 12.5 Å². The average Bonchev–Trinajstić information content (AvgIpc) is 2.45. The number of amides is 1. The van der Waals surface area contributed by atoms with Crippen LogP contribution in [0.2, 0.25) is 0 Å². The van der Waals surface area contributed by atoms with Crippen molar-refractivity contribution in [2.75, 3.05) is 25.0 Å². The average molecular weight is 289 g/mol. The van der Waals surface area contributed by atoms with E-state index in [-0.39, 0.29) is 11.9 Å². The highest BCUT2D eigenvalue weighted by molar-refractivity contribution is 5.93. The van der Waals surface area contributed by atoms with Crippen molar-refractivity contribution in [2.45, 2.75) is 39.7 Å². The molecular weight excluding hydrogens is 262 g/mol. The predicted octanol–water partition coefficient (Wildman–Crippen LogP) is 2.17. The lowest BCUT2D eigenvalue weighted by atomic mass is 9.95. The minimum absolute atomic E-state index is 0.0710. The fourth-order valence-electron chi connectivity index (χ4n) is 2.98. The molecule has 1 aliphatic rings. The van der Waals surface area contributed by atoms with Crippen LogP contribution in [0.15, 0.2) is 18.2 Å². The summed E-state index contributed by atoms with van der Waals surface area (Å²) in [5.41, 5.74) is 9.32. The first kappa shape index (κ1) is 16.0. The fourth-order valence-corrected chi connectivity index (χ4v) is 2.98. The Labute approximate surface area is 127 Å². The van der Waals surface area contributed by atoms with Gasteiger partial charge in [-0.05, 0) is 36.8 Å². The quantitative estimate of drug-likeness (QED) is 0.893. The molecule has 1 heterocycles. The molecule has 0 bridgehead atoms. The Morgan fingerprint density at radius 2 is 2.24 bits per heavy atom. The summed E-state index contributed by atoms with van der Waals surface area (Å²) in [6, 6.07) is 6.42. The number of carbonyl (C=O) groups is 1. The number of piperidine rings is 1. The Kier molecular flexibility index (Phi) is 5.37. The number of rotatable bonds is 4. The summed E-state index contributed by atoms with van der Waals surface area (Å²) >= 11 is 0. The van der Waals surface area contributed by atoms with Gasteiger partial charge in [0.2, 0.25) is 5.91 Å². The Hall–Kier alpha value is -1.39. The van der Waals surface area contributed by atoms with Crippen molar-refractivity contribution in [3.8, 4) is 0 Å². The maximum atomic E-state index is 12.3. The largest absolute Gasteiger partial charge is 0.327 e. The van der Waals surface area contributed by atoms with Gasteiger partial charge in [0.1, 0.15) is 0 Å². The molecule has 21 heavy (non-hydrogen) atoms. The summed E-state index contributed by atoms with van der Waals surface area (Å²) in [6.45, 7) is 8.57. The molecule has 0 aliphatic carbocycles. The van der Waals surface area contributed by atoms with Gasteiger partial charge < -0.3 is 11.1 Å². The normalized spacial score (nSPS) is 23.0. The first-order chi connectivity index (χ1) is 10.0. The zero-order valence-electron chi connectivity index (χ0n) is 13.4. The first-order valence-electron chi connectivity index (χ1n) is 7.87. The number of nitrogens with one attached hydrogen (secondary N) is 1. The second-order valence-electron chi connectivity index (χ2n) is 6.18. The second-order valence-corrected chi connectivity index (χ2v) is 6.18. The van der Waals surface area contributed by atoms with E-state index >= 15 is 0 Å². The zero-order valence-corrected chi connectivity index (χ0v) is 13.4. The monoisotopic (exact) mass is 289 g/mol. The molecule has 4 heteroatoms. The third kappa shape index (κ3) is 4.05. The van der Waals surface area contributed by atoms with Crippen molar-refractivity contribution in [2.24, 2.45) is 11.7 Å². The number of hydrogen-bond acceptors (Lipinski definition) is 3. The van der Waals surface area contributed by atoms with E-state index in [9.17, 15) is 4.79 Å². The molecule has 1 aromatic rings. The van der Waals surface area contributed by atoms with Gasteiger partial charge in [-0.25, -0.2) is 0 Å². The molecule has 1 fully saturated rings. The zero-order chi connectivity index (χ0) is 15.4. The van der Waals surface area contributed by atoms with Crippen molar-refractivity contribution in [3.05, 3.63) is 29.3 Å². The number of benzene rings is 1. The van der Waals surface area contributed by atoms with E-state index in [0.717, 1.165) is 37.2 Å². The third-order valence-corrected chi connectivity index (χ3v) is 4.43. The van der Waals surface area contributed by atoms with Crippen LogP contribution in [0.4, 0.5) is 5.69 Å². The van der Waals surface area contributed by atoms with Crippen molar-refractivity contribution >= 4 is 11.6 Å². The molecule has 116 valence electrons. The lowest BCUT2D eigenvalue weighted by molar-refractivity contribution is -0.117. The number of carbonyl (C=O) groups excluding carboxylic acids is 1. The molecule has 1 saturated heterocycles. The second kappa shape index (κ2) is 7.05. The van der Waals surface area contributed by atoms with E-state index in [4.69, 9.17) is 5.73 Å². The van der Waals surface area contributed by atoms with Crippen LogP contribution in [0.3, 0.4) is 0 Å². The van der Waals surface area contributed by atoms with Crippen LogP contribution < -0.4 is 11.1 Å². The highest BCUT2D eigenvalue weighted by atomic mass is 16.2. The molecule has 2 rings (SSSR count). The Balaban J connectivity index is 1.96. The van der Waals surface area contributed by atoms with E-state index in [1.165, 1.54) is 5.56 Å². The van der Waals surface area contributed by atoms with Crippen molar-refractivity contribution in [3.63, 3.8) is 0 Å². The minimum Gasteiger partial charge on any atom is -0.327 e. The number of hydrogen-bond donors (Lipinski definition) is 2. The summed E-state index contributed by atoms with van der Waals surface area (Å²) in [7, 11) is 0. The molecule has 1 aliphatic heterocycles. The maximum absolute atomic E-state index is 12.3. The summed E-state index contributed by atoms with van der Waals surface area (Å²) in [6.07, 6.45) is 1.89. The third-order valence-electron chi connectivity index (χ3n) is 4.43. The van der Waals surface area contributed by atoms with Crippen molar-refractivity contribution in [1.82, 2.24) is 4.90 Å². The van der Waals surface area contributed by atoms with Crippen LogP contribution in [0.5, 0.6) is 0 Å². The lowest BCUT2D eigenvalue weighted by Crippen LogP contribution is -2.48. The number of nitrogens with two attached hydrogens (primary N) is 1. The molecule has 1 aromatic carbocycles. The van der Waals surface area contributed by atoms with Gasteiger partial charge in [0.05, 0.1) is 6.54 Å². The standard InChI is InChI=1S/C17H27N3O/c1-4-14-7-5-6-12(2)17(14)19-16(21)11-20-9-8-15(18)13(3)10-20/h5-7,13,15H,4,8-11,18H2,1-3H3,(H,19,21). The van der Waals surface area contributed by atoms with Crippen LogP contribution >= 0.6 is 0 Å². The molecule has 0 saturated carbocycles. The van der Waals surface area contributed by atoms with Crippen molar-refractivity contribution < 1.29 is 4.79 Å². The first-order valence-corrected chi connectivity index (χ1v) is 7.87. The van der Waals surface area contributed by atoms with E-state index < -0.39 is 0 Å². The molecule has 0 spiro atoms. The molecule has 2 atom stereocenters. The Morgan fingerprint density at radius 1 is 1.48 bits per heavy atom. The number of aryl methyl sites for hydroxylation is 2. The topological polar surface area (TPSA) is 58.4 Å². The number of para-hydroxylation sites is 1. The van der Waals surface area contributed by atoms with Gasteiger partial charge >= 0.3 is 0 Å². The lowest BCUT2D eigenvalue weighted by Gasteiger charge is -2.34. The van der Waals surface area contributed by atoms with Gasteiger partial charge in [-0.3, -0.25) is 9.69 Å². The number of anilines is 1. The predicted molar refractivity (Wildman–Crippen MR) is 87.4 cm³/mol. The van der Waals surface area contributed by atoms with Gasteiger partial charge in [-0.1, -0.05) is 32.0 Å². The van der Waals surface area contributed by atoms with E-state index in [1.54, 1.807) is 0 Å². The van der Waals surface area contributed by atoms with Crippen LogP contribution in [-0.2, 0) is 11.2 Å². The maximum Gasteiger partial charge on any atom is 0.238 e. The molecule has 2 unspecified atom stereocenters. The summed E-state index contributed by atoms with van der Waals surface area (Å²) in [5.74, 6) is 0.526. The van der Waals surface area contributed by atoms with Crippen LogP contribution in [-0.4, -0.2) is 36.5 Å². The van der Waals surface area contributed by atoms with Crippen LogP contribution in [0, 0.1) is 12.8 Å². The molecule has 0 radical (unpaired) electrons. The van der Waals surface area contributed by atoms with Gasteiger partial charge in [0, 0.05) is 24.8 Å². The van der Waals surface area contributed by atoms with E-state index in [2.05, 4.69) is 30.1 Å². The highest BCUT2D eigenvalue weighted by Gasteiger charge is 2.24. The molecular formula is C17H27N3O. The smallest absolute Gasteiger partial charge is 0.238 e. The highest BCUT2D eigenvalue weighted by Crippen LogP contribution is 2.21. The molecule has 0 aromatic heterocycles. The SMILES string of the molecule is CCc1cccc(C)c1NC(=O)CN1CCC(N)C(C)C1. The summed E-state index contributed by atoms with van der Waals surface area (Å²) in [4.78, 5) is 14.5. The number of nitrogens with zero attached hydrogens (tertiary/aromatic N) is 1. The van der Waals surface area contributed by atoms with Crippen LogP contribution in [0.1, 0.15) is 31.4 Å². The Bertz CT molecular complexity index is 501. The number of likely N-dealkylation sites (tertiary alicyclic amines) is 1. The molecule has 1 amide bonds. The van der Waals surface area contributed by atoms with E-state index in [1.807, 2.05) is 19.1 Å². The van der Waals surface area contributed by atoms with Crippen LogP contribution in [0.25, 0.3) is 0 Å². The minimum atomic E-state index is 0.0710. The summed E-state index contributed by atoms with van der Waals surface area (Å²) in [5, 5.41) is 3.09. The van der Waals surface area contributed by atoms with Crippen molar-refractivity contribution in [1.29, 1.82) is 0 Å². The Morgan fingerprint density at radius 3 is 2.90 bits per heavy atom. The van der Waals surface area contributed by atoms with Gasteiger partial charge in [0.25, 0.3) is 0 Å².